The Morgan fingerprint density at radius 2 is 2.10 bits per heavy atom. The van der Waals surface area contributed by atoms with E-state index in [0.29, 0.717) is 18.9 Å². The van der Waals surface area contributed by atoms with Crippen LogP contribution in [0.3, 0.4) is 0 Å². The number of halogens is 1. The van der Waals surface area contributed by atoms with Gasteiger partial charge in [-0.25, -0.2) is 4.39 Å². The van der Waals surface area contributed by atoms with Crippen LogP contribution in [-0.2, 0) is 11.3 Å². The highest BCUT2D eigenvalue weighted by Crippen LogP contribution is 2.16. The van der Waals surface area contributed by atoms with E-state index in [0.717, 1.165) is 51.4 Å². The van der Waals surface area contributed by atoms with Crippen LogP contribution in [0.15, 0.2) is 18.2 Å². The molecule has 0 aliphatic carbocycles. The van der Waals surface area contributed by atoms with E-state index in [1.54, 1.807) is 6.07 Å². The van der Waals surface area contributed by atoms with Crippen molar-refractivity contribution in [1.82, 2.24) is 10.2 Å². The summed E-state index contributed by atoms with van der Waals surface area (Å²) in [4.78, 5) is 2.30. The van der Waals surface area contributed by atoms with Gasteiger partial charge >= 0.3 is 0 Å². The Morgan fingerprint density at radius 3 is 2.86 bits per heavy atom. The summed E-state index contributed by atoms with van der Waals surface area (Å²) in [6.07, 6.45) is 1.07. The molecule has 21 heavy (non-hydrogen) atoms. The van der Waals surface area contributed by atoms with Crippen molar-refractivity contribution < 1.29 is 13.9 Å². The average molecular weight is 296 g/mol. The van der Waals surface area contributed by atoms with Crippen molar-refractivity contribution in [3.8, 4) is 5.75 Å². The number of nitrogens with zero attached hydrogens (tertiary/aromatic N) is 1. The van der Waals surface area contributed by atoms with Crippen LogP contribution in [0.4, 0.5) is 4.39 Å². The molecule has 5 heteroatoms. The van der Waals surface area contributed by atoms with E-state index in [2.05, 4.69) is 17.1 Å². The number of hydrogen-bond donors (Lipinski definition) is 1. The summed E-state index contributed by atoms with van der Waals surface area (Å²) in [7, 11) is 0. The SMILES string of the molecule is CCCNCc1cc(F)cc(OCCN2CCOCC2)c1. The minimum absolute atomic E-state index is 0.243. The molecule has 0 amide bonds. The molecule has 1 aromatic carbocycles. The molecule has 1 aliphatic heterocycles. The van der Waals surface area contributed by atoms with Gasteiger partial charge in [0.1, 0.15) is 18.2 Å². The van der Waals surface area contributed by atoms with E-state index >= 15 is 0 Å². The Labute approximate surface area is 126 Å². The predicted molar refractivity (Wildman–Crippen MR) is 81.2 cm³/mol. The van der Waals surface area contributed by atoms with Crippen molar-refractivity contribution in [2.24, 2.45) is 0 Å². The number of nitrogens with one attached hydrogen (secondary N) is 1. The van der Waals surface area contributed by atoms with Gasteiger partial charge in [-0.15, -0.1) is 0 Å². The molecule has 0 bridgehead atoms. The summed E-state index contributed by atoms with van der Waals surface area (Å²) < 4.78 is 24.6. The van der Waals surface area contributed by atoms with Crippen LogP contribution < -0.4 is 10.1 Å². The fraction of sp³-hybridized carbons (Fsp3) is 0.625. The highest BCUT2D eigenvalue weighted by atomic mass is 19.1. The molecule has 0 radical (unpaired) electrons. The number of morpholine rings is 1. The zero-order chi connectivity index (χ0) is 14.9. The van der Waals surface area contributed by atoms with Gasteiger partial charge in [0.2, 0.25) is 0 Å². The molecule has 0 spiro atoms. The maximum absolute atomic E-state index is 13.6. The van der Waals surface area contributed by atoms with Crippen LogP contribution in [-0.4, -0.2) is 50.9 Å². The fourth-order valence-electron chi connectivity index (χ4n) is 2.33. The Hall–Kier alpha value is -1.17. The Morgan fingerprint density at radius 1 is 1.29 bits per heavy atom. The number of ether oxygens (including phenoxy) is 2. The van der Waals surface area contributed by atoms with Crippen LogP contribution in [0.25, 0.3) is 0 Å². The van der Waals surface area contributed by atoms with Gasteiger partial charge in [-0.2, -0.15) is 0 Å². The quantitative estimate of drug-likeness (QED) is 0.744. The Kier molecular flexibility index (Phi) is 6.92. The second kappa shape index (κ2) is 8.97. The maximum Gasteiger partial charge on any atom is 0.127 e. The highest BCUT2D eigenvalue weighted by Gasteiger charge is 2.10. The van der Waals surface area contributed by atoms with E-state index in [1.807, 2.05) is 6.07 Å². The van der Waals surface area contributed by atoms with Crippen LogP contribution in [0.1, 0.15) is 18.9 Å². The molecule has 118 valence electrons. The van der Waals surface area contributed by atoms with Gasteiger partial charge in [-0.3, -0.25) is 4.90 Å². The van der Waals surface area contributed by atoms with Gasteiger partial charge in [0.25, 0.3) is 0 Å². The third kappa shape index (κ3) is 5.99. The molecule has 1 aromatic rings. The molecule has 0 atom stereocenters. The fourth-order valence-corrected chi connectivity index (χ4v) is 2.33. The number of hydrogen-bond acceptors (Lipinski definition) is 4. The van der Waals surface area contributed by atoms with Crippen LogP contribution in [0.5, 0.6) is 5.75 Å². The average Bonchev–Trinajstić information content (AvgIpc) is 2.48. The molecular formula is C16H25FN2O2. The van der Waals surface area contributed by atoms with E-state index in [4.69, 9.17) is 9.47 Å². The van der Waals surface area contributed by atoms with Crippen molar-refractivity contribution >= 4 is 0 Å². The topological polar surface area (TPSA) is 33.7 Å². The minimum atomic E-state index is -0.243. The van der Waals surface area contributed by atoms with Crippen LogP contribution in [0.2, 0.25) is 0 Å². The summed E-state index contributed by atoms with van der Waals surface area (Å²) >= 11 is 0. The van der Waals surface area contributed by atoms with Crippen molar-refractivity contribution in [2.75, 3.05) is 46.0 Å². The zero-order valence-corrected chi connectivity index (χ0v) is 12.7. The molecule has 1 aliphatic rings. The lowest BCUT2D eigenvalue weighted by molar-refractivity contribution is 0.0322. The number of benzene rings is 1. The predicted octanol–water partition coefficient (Wildman–Crippen LogP) is 2.04. The maximum atomic E-state index is 13.6. The highest BCUT2D eigenvalue weighted by molar-refractivity contribution is 5.29. The molecule has 1 saturated heterocycles. The number of rotatable bonds is 8. The normalized spacial score (nSPS) is 16.1. The first-order chi connectivity index (χ1) is 10.3. The lowest BCUT2D eigenvalue weighted by Gasteiger charge is -2.26. The molecular weight excluding hydrogens is 271 g/mol. The lowest BCUT2D eigenvalue weighted by Crippen LogP contribution is -2.38. The van der Waals surface area contributed by atoms with Crippen LogP contribution >= 0.6 is 0 Å². The molecule has 2 rings (SSSR count). The molecule has 0 saturated carbocycles. The summed E-state index contributed by atoms with van der Waals surface area (Å²) in [5.41, 5.74) is 0.921. The van der Waals surface area contributed by atoms with Gasteiger partial charge in [-0.1, -0.05) is 6.92 Å². The van der Waals surface area contributed by atoms with Crippen molar-refractivity contribution in [3.63, 3.8) is 0 Å². The molecule has 0 aromatic heterocycles. The molecule has 0 unspecified atom stereocenters. The van der Waals surface area contributed by atoms with Crippen LogP contribution in [0, 0.1) is 5.82 Å². The standard InChI is InChI=1S/C16H25FN2O2/c1-2-3-18-13-14-10-15(17)12-16(11-14)21-9-6-19-4-7-20-8-5-19/h10-12,18H,2-9,13H2,1H3. The van der Waals surface area contributed by atoms with Gasteiger partial charge in [0, 0.05) is 32.2 Å². The summed E-state index contributed by atoms with van der Waals surface area (Å²) in [6, 6.07) is 4.91. The van der Waals surface area contributed by atoms with Gasteiger partial charge in [-0.05, 0) is 30.7 Å². The monoisotopic (exact) mass is 296 g/mol. The first-order valence-electron chi connectivity index (χ1n) is 7.71. The summed E-state index contributed by atoms with van der Waals surface area (Å²) in [5.74, 6) is 0.365. The smallest absolute Gasteiger partial charge is 0.127 e. The first kappa shape index (κ1) is 16.2. The van der Waals surface area contributed by atoms with Gasteiger partial charge in [0.15, 0.2) is 0 Å². The van der Waals surface area contributed by atoms with Gasteiger partial charge in [0.05, 0.1) is 13.2 Å². The molecule has 1 N–H and O–H groups in total. The third-order valence-corrected chi connectivity index (χ3v) is 3.47. The first-order valence-corrected chi connectivity index (χ1v) is 7.71. The Balaban J connectivity index is 1.78. The zero-order valence-electron chi connectivity index (χ0n) is 12.7. The summed E-state index contributed by atoms with van der Waals surface area (Å²) in [6.45, 7) is 8.60. The molecule has 1 fully saturated rings. The molecule has 4 nitrogen and oxygen atoms in total. The second-order valence-electron chi connectivity index (χ2n) is 5.27. The van der Waals surface area contributed by atoms with E-state index in [1.165, 1.54) is 6.07 Å². The second-order valence-corrected chi connectivity index (χ2v) is 5.27. The van der Waals surface area contributed by atoms with E-state index in [9.17, 15) is 4.39 Å². The van der Waals surface area contributed by atoms with E-state index < -0.39 is 0 Å². The Bertz CT molecular complexity index is 423. The largest absolute Gasteiger partial charge is 0.492 e. The van der Waals surface area contributed by atoms with Crippen molar-refractivity contribution in [1.29, 1.82) is 0 Å². The van der Waals surface area contributed by atoms with Gasteiger partial charge < -0.3 is 14.8 Å². The third-order valence-electron chi connectivity index (χ3n) is 3.47. The minimum Gasteiger partial charge on any atom is -0.492 e. The van der Waals surface area contributed by atoms with E-state index in [-0.39, 0.29) is 5.82 Å². The lowest BCUT2D eigenvalue weighted by atomic mass is 10.2. The molecule has 1 heterocycles. The van der Waals surface area contributed by atoms with Crippen molar-refractivity contribution in [3.05, 3.63) is 29.6 Å². The summed E-state index contributed by atoms with van der Waals surface area (Å²) in [5, 5.41) is 3.27. The van der Waals surface area contributed by atoms with Crippen molar-refractivity contribution in [2.45, 2.75) is 19.9 Å².